The standard InChI is InChI=1S/C9H19NO2/c11-9-7-5-3-1-2-4-6-8-10-12/h11H,1-9H2. The minimum atomic E-state index is 0.315. The van der Waals surface area contributed by atoms with E-state index in [0.29, 0.717) is 13.2 Å². The van der Waals surface area contributed by atoms with Crippen molar-refractivity contribution in [2.75, 3.05) is 13.2 Å². The fraction of sp³-hybridized carbons (Fsp3) is 1.00. The molecule has 0 heterocycles. The van der Waals surface area contributed by atoms with Crippen molar-refractivity contribution in [3.8, 4) is 0 Å². The van der Waals surface area contributed by atoms with Gasteiger partial charge in [-0.2, -0.15) is 4.91 Å². The van der Waals surface area contributed by atoms with Crippen LogP contribution < -0.4 is 0 Å². The van der Waals surface area contributed by atoms with Crippen LogP contribution in [0.3, 0.4) is 0 Å². The predicted octanol–water partition coefficient (Wildman–Crippen LogP) is 2.48. The number of hydrogen-bond acceptors (Lipinski definition) is 3. The highest BCUT2D eigenvalue weighted by atomic mass is 16.3. The van der Waals surface area contributed by atoms with Crippen LogP contribution in [-0.4, -0.2) is 18.3 Å². The van der Waals surface area contributed by atoms with E-state index >= 15 is 0 Å². The van der Waals surface area contributed by atoms with Crippen LogP contribution in [0.5, 0.6) is 0 Å². The first kappa shape index (κ1) is 11.6. The van der Waals surface area contributed by atoms with Gasteiger partial charge in [0.05, 0.1) is 6.54 Å². The molecule has 0 saturated carbocycles. The number of nitroso groups, excluding NO2 is 1. The van der Waals surface area contributed by atoms with Gasteiger partial charge in [0.2, 0.25) is 0 Å². The zero-order chi connectivity index (χ0) is 9.07. The maximum atomic E-state index is 9.70. The molecule has 0 amide bonds. The second kappa shape index (κ2) is 10.6. The first-order valence-corrected chi connectivity index (χ1v) is 4.82. The Kier molecular flexibility index (Phi) is 10.2. The summed E-state index contributed by atoms with van der Waals surface area (Å²) < 4.78 is 0. The molecule has 0 aromatic heterocycles. The minimum absolute atomic E-state index is 0.315. The highest BCUT2D eigenvalue weighted by molar-refractivity contribution is 4.47. The molecule has 0 rings (SSSR count). The van der Waals surface area contributed by atoms with Crippen molar-refractivity contribution in [3.05, 3.63) is 4.91 Å². The number of rotatable bonds is 9. The van der Waals surface area contributed by atoms with Crippen LogP contribution in [0.4, 0.5) is 0 Å². The number of unbranched alkanes of at least 4 members (excludes halogenated alkanes) is 6. The molecule has 3 heteroatoms. The third-order valence-corrected chi connectivity index (χ3v) is 1.91. The van der Waals surface area contributed by atoms with Gasteiger partial charge >= 0.3 is 0 Å². The first-order valence-electron chi connectivity index (χ1n) is 4.82. The Hall–Kier alpha value is -0.440. The summed E-state index contributed by atoms with van der Waals surface area (Å²) in [7, 11) is 0. The predicted molar refractivity (Wildman–Crippen MR) is 50.1 cm³/mol. The molecular weight excluding hydrogens is 154 g/mol. The molecule has 0 fully saturated rings. The lowest BCUT2D eigenvalue weighted by atomic mass is 10.1. The molecule has 0 unspecified atom stereocenters. The van der Waals surface area contributed by atoms with E-state index in [0.717, 1.165) is 25.7 Å². The van der Waals surface area contributed by atoms with Gasteiger partial charge in [0.25, 0.3) is 0 Å². The van der Waals surface area contributed by atoms with Crippen LogP contribution in [-0.2, 0) is 0 Å². The summed E-state index contributed by atoms with van der Waals surface area (Å²) in [6.07, 6.45) is 7.72. The number of hydrogen-bond donors (Lipinski definition) is 1. The summed E-state index contributed by atoms with van der Waals surface area (Å²) in [6.45, 7) is 0.783. The van der Waals surface area contributed by atoms with E-state index < -0.39 is 0 Å². The summed E-state index contributed by atoms with van der Waals surface area (Å²) in [5, 5.41) is 11.3. The van der Waals surface area contributed by atoms with Gasteiger partial charge in [0, 0.05) is 6.61 Å². The number of nitrogens with zero attached hydrogens (tertiary/aromatic N) is 1. The van der Waals surface area contributed by atoms with Crippen LogP contribution in [0.2, 0.25) is 0 Å². The molecule has 0 atom stereocenters. The van der Waals surface area contributed by atoms with Gasteiger partial charge in [0.1, 0.15) is 0 Å². The maximum absolute atomic E-state index is 9.70. The molecular formula is C9H19NO2. The van der Waals surface area contributed by atoms with Gasteiger partial charge in [-0.25, -0.2) is 0 Å². The monoisotopic (exact) mass is 173 g/mol. The highest BCUT2D eigenvalue weighted by Crippen LogP contribution is 2.06. The fourth-order valence-corrected chi connectivity index (χ4v) is 1.17. The van der Waals surface area contributed by atoms with Gasteiger partial charge < -0.3 is 5.11 Å². The maximum Gasteiger partial charge on any atom is 0.0811 e. The quantitative estimate of drug-likeness (QED) is 0.430. The molecule has 12 heavy (non-hydrogen) atoms. The van der Waals surface area contributed by atoms with E-state index in [4.69, 9.17) is 5.11 Å². The van der Waals surface area contributed by atoms with Gasteiger partial charge in [-0.05, 0) is 12.8 Å². The first-order chi connectivity index (χ1) is 5.91. The molecule has 0 aliphatic carbocycles. The van der Waals surface area contributed by atoms with Gasteiger partial charge in [-0.3, -0.25) is 0 Å². The summed E-state index contributed by atoms with van der Waals surface area (Å²) in [6, 6.07) is 0. The summed E-state index contributed by atoms with van der Waals surface area (Å²) >= 11 is 0. The lowest BCUT2D eigenvalue weighted by molar-refractivity contribution is 0.282. The lowest BCUT2D eigenvalue weighted by Gasteiger charge is -1.98. The average molecular weight is 173 g/mol. The third kappa shape index (κ3) is 9.56. The lowest BCUT2D eigenvalue weighted by Crippen LogP contribution is -1.85. The van der Waals surface area contributed by atoms with E-state index in [-0.39, 0.29) is 0 Å². The Morgan fingerprint density at radius 3 is 1.83 bits per heavy atom. The van der Waals surface area contributed by atoms with Gasteiger partial charge in [-0.1, -0.05) is 37.3 Å². The molecule has 0 saturated heterocycles. The summed E-state index contributed by atoms with van der Waals surface area (Å²) in [5.41, 5.74) is 0. The Balaban J connectivity index is 2.77. The van der Waals surface area contributed by atoms with Gasteiger partial charge in [-0.15, -0.1) is 0 Å². The van der Waals surface area contributed by atoms with Crippen molar-refractivity contribution in [2.24, 2.45) is 5.18 Å². The van der Waals surface area contributed by atoms with Crippen molar-refractivity contribution in [1.29, 1.82) is 0 Å². The van der Waals surface area contributed by atoms with E-state index in [1.165, 1.54) is 19.3 Å². The van der Waals surface area contributed by atoms with Crippen LogP contribution >= 0.6 is 0 Å². The van der Waals surface area contributed by atoms with Crippen molar-refractivity contribution >= 4 is 0 Å². The van der Waals surface area contributed by atoms with E-state index in [2.05, 4.69) is 5.18 Å². The Morgan fingerprint density at radius 2 is 1.33 bits per heavy atom. The second-order valence-corrected chi connectivity index (χ2v) is 3.05. The smallest absolute Gasteiger partial charge is 0.0811 e. The zero-order valence-corrected chi connectivity index (χ0v) is 7.67. The van der Waals surface area contributed by atoms with Crippen molar-refractivity contribution < 1.29 is 5.11 Å². The van der Waals surface area contributed by atoms with Crippen molar-refractivity contribution in [3.63, 3.8) is 0 Å². The SMILES string of the molecule is O=NCCCCCCCCCO. The second-order valence-electron chi connectivity index (χ2n) is 3.05. The summed E-state index contributed by atoms with van der Waals surface area (Å²) in [4.78, 5) is 9.70. The van der Waals surface area contributed by atoms with Crippen LogP contribution in [0, 0.1) is 4.91 Å². The third-order valence-electron chi connectivity index (χ3n) is 1.91. The normalized spacial score (nSPS) is 10.1. The average Bonchev–Trinajstić information content (AvgIpc) is 2.10. The number of aliphatic hydroxyl groups excluding tert-OH is 1. The summed E-state index contributed by atoms with van der Waals surface area (Å²) in [5.74, 6) is 0. The molecule has 0 aromatic carbocycles. The van der Waals surface area contributed by atoms with Crippen LogP contribution in [0.1, 0.15) is 44.9 Å². The molecule has 3 nitrogen and oxygen atoms in total. The molecule has 0 bridgehead atoms. The zero-order valence-electron chi connectivity index (χ0n) is 7.67. The molecule has 0 spiro atoms. The fourth-order valence-electron chi connectivity index (χ4n) is 1.17. The van der Waals surface area contributed by atoms with E-state index in [1.807, 2.05) is 0 Å². The van der Waals surface area contributed by atoms with Crippen LogP contribution in [0.15, 0.2) is 5.18 Å². The molecule has 72 valence electrons. The van der Waals surface area contributed by atoms with Gasteiger partial charge in [0.15, 0.2) is 0 Å². The molecule has 0 radical (unpaired) electrons. The highest BCUT2D eigenvalue weighted by Gasteiger charge is 1.90. The number of aliphatic hydroxyl groups is 1. The Labute approximate surface area is 74.1 Å². The molecule has 0 aliphatic rings. The molecule has 0 aliphatic heterocycles. The Morgan fingerprint density at radius 1 is 0.833 bits per heavy atom. The largest absolute Gasteiger partial charge is 0.396 e. The minimum Gasteiger partial charge on any atom is -0.396 e. The Bertz CT molecular complexity index is 96.5. The van der Waals surface area contributed by atoms with Crippen LogP contribution in [0.25, 0.3) is 0 Å². The van der Waals surface area contributed by atoms with E-state index in [9.17, 15) is 4.91 Å². The topological polar surface area (TPSA) is 49.7 Å². The van der Waals surface area contributed by atoms with Crippen molar-refractivity contribution in [2.45, 2.75) is 44.9 Å². The molecule has 0 aromatic rings. The van der Waals surface area contributed by atoms with Crippen molar-refractivity contribution in [1.82, 2.24) is 0 Å². The molecule has 1 N–H and O–H groups in total. The van der Waals surface area contributed by atoms with E-state index in [1.54, 1.807) is 0 Å².